The highest BCUT2D eigenvalue weighted by atomic mass is 16.3. The van der Waals surface area contributed by atoms with Crippen LogP contribution in [0.2, 0.25) is 0 Å². The third-order valence-corrected chi connectivity index (χ3v) is 3.14. The van der Waals surface area contributed by atoms with Gasteiger partial charge in [0, 0.05) is 17.7 Å². The Morgan fingerprint density at radius 3 is 2.60 bits per heavy atom. The first-order chi connectivity index (χ1) is 9.53. The Balaban J connectivity index is 2.22. The molecule has 4 heteroatoms. The fraction of sp³-hybridized carbons (Fsp3) is 0.312. The molecule has 1 amide bonds. The molecule has 0 aliphatic heterocycles. The number of amides is 1. The summed E-state index contributed by atoms with van der Waals surface area (Å²) in [5.74, 6) is 0.0227. The zero-order chi connectivity index (χ0) is 14.6. The van der Waals surface area contributed by atoms with Gasteiger partial charge in [0.1, 0.15) is 0 Å². The smallest absolute Gasteiger partial charge is 0.288 e. The minimum Gasteiger partial charge on any atom is -0.459 e. The molecule has 0 unspecified atom stereocenters. The summed E-state index contributed by atoms with van der Waals surface area (Å²) in [5, 5.41) is 11.9. The maximum atomic E-state index is 12.3. The van der Waals surface area contributed by atoms with E-state index in [2.05, 4.69) is 5.32 Å². The van der Waals surface area contributed by atoms with E-state index in [-0.39, 0.29) is 12.5 Å². The van der Waals surface area contributed by atoms with Crippen molar-refractivity contribution in [3.05, 3.63) is 48.4 Å². The van der Waals surface area contributed by atoms with E-state index < -0.39 is 5.54 Å². The number of hydrogen-bond donors (Lipinski definition) is 2. The lowest BCUT2D eigenvalue weighted by atomic mass is 10.0. The molecule has 0 saturated heterocycles. The Labute approximate surface area is 118 Å². The second-order valence-electron chi connectivity index (χ2n) is 5.34. The standard InChI is InChI=1S/C16H19NO3/c1-16(2,9-10-18)17-15(19)14-13(8-11-20-14)12-6-4-3-5-7-12/h3-8,11,18H,9-10H2,1-2H3,(H,17,19). The third-order valence-electron chi connectivity index (χ3n) is 3.14. The highest BCUT2D eigenvalue weighted by Crippen LogP contribution is 2.25. The number of hydrogen-bond acceptors (Lipinski definition) is 3. The lowest BCUT2D eigenvalue weighted by molar-refractivity contribution is 0.0872. The molecule has 20 heavy (non-hydrogen) atoms. The summed E-state index contributed by atoms with van der Waals surface area (Å²) in [4.78, 5) is 12.3. The van der Waals surface area contributed by atoms with E-state index in [0.717, 1.165) is 11.1 Å². The third kappa shape index (κ3) is 3.27. The molecule has 0 spiro atoms. The van der Waals surface area contributed by atoms with Crippen molar-refractivity contribution in [2.75, 3.05) is 6.61 Å². The average molecular weight is 273 g/mol. The molecule has 0 fully saturated rings. The van der Waals surface area contributed by atoms with Crippen LogP contribution in [0.15, 0.2) is 47.1 Å². The summed E-state index contributed by atoms with van der Waals surface area (Å²) in [6.45, 7) is 3.76. The van der Waals surface area contributed by atoms with Crippen LogP contribution in [-0.4, -0.2) is 23.2 Å². The zero-order valence-corrected chi connectivity index (χ0v) is 11.7. The maximum absolute atomic E-state index is 12.3. The molecule has 1 heterocycles. The molecule has 1 aromatic carbocycles. The Bertz CT molecular complexity index is 572. The topological polar surface area (TPSA) is 62.5 Å². The summed E-state index contributed by atoms with van der Waals surface area (Å²) < 4.78 is 5.33. The second-order valence-corrected chi connectivity index (χ2v) is 5.34. The fourth-order valence-electron chi connectivity index (χ4n) is 2.04. The Hall–Kier alpha value is -2.07. The minimum absolute atomic E-state index is 0.0248. The first-order valence-corrected chi connectivity index (χ1v) is 6.60. The van der Waals surface area contributed by atoms with Crippen LogP contribution in [0, 0.1) is 0 Å². The van der Waals surface area contributed by atoms with Crippen molar-refractivity contribution in [2.45, 2.75) is 25.8 Å². The summed E-state index contributed by atoms with van der Waals surface area (Å²) >= 11 is 0. The summed E-state index contributed by atoms with van der Waals surface area (Å²) in [7, 11) is 0. The van der Waals surface area contributed by atoms with Gasteiger partial charge in [-0.25, -0.2) is 0 Å². The van der Waals surface area contributed by atoms with E-state index in [9.17, 15) is 4.79 Å². The van der Waals surface area contributed by atoms with E-state index in [4.69, 9.17) is 9.52 Å². The lowest BCUT2D eigenvalue weighted by Crippen LogP contribution is -2.44. The molecule has 106 valence electrons. The van der Waals surface area contributed by atoms with Gasteiger partial charge in [0.25, 0.3) is 5.91 Å². The van der Waals surface area contributed by atoms with Crippen LogP contribution in [0.5, 0.6) is 0 Å². The van der Waals surface area contributed by atoms with E-state index in [1.165, 1.54) is 6.26 Å². The molecule has 0 atom stereocenters. The normalized spacial score (nSPS) is 11.3. The Morgan fingerprint density at radius 2 is 1.95 bits per heavy atom. The Kier molecular flexibility index (Phi) is 4.25. The van der Waals surface area contributed by atoms with Crippen molar-refractivity contribution in [2.24, 2.45) is 0 Å². The van der Waals surface area contributed by atoms with Crippen LogP contribution in [0.25, 0.3) is 11.1 Å². The number of benzene rings is 1. The zero-order valence-electron chi connectivity index (χ0n) is 11.7. The van der Waals surface area contributed by atoms with Crippen LogP contribution in [-0.2, 0) is 0 Å². The second kappa shape index (κ2) is 5.92. The van der Waals surface area contributed by atoms with Gasteiger partial charge in [-0.1, -0.05) is 30.3 Å². The van der Waals surface area contributed by atoms with Crippen molar-refractivity contribution in [1.82, 2.24) is 5.32 Å². The van der Waals surface area contributed by atoms with Gasteiger partial charge in [0.15, 0.2) is 5.76 Å². The van der Waals surface area contributed by atoms with Crippen molar-refractivity contribution in [1.29, 1.82) is 0 Å². The van der Waals surface area contributed by atoms with Gasteiger partial charge in [0.2, 0.25) is 0 Å². The molecule has 0 bridgehead atoms. The van der Waals surface area contributed by atoms with Gasteiger partial charge < -0.3 is 14.8 Å². The van der Waals surface area contributed by atoms with Crippen molar-refractivity contribution >= 4 is 5.91 Å². The number of nitrogens with one attached hydrogen (secondary N) is 1. The SMILES string of the molecule is CC(C)(CCO)NC(=O)c1occc1-c1ccccc1. The number of carbonyl (C=O) groups is 1. The molecule has 0 saturated carbocycles. The number of aliphatic hydroxyl groups is 1. The van der Waals surface area contributed by atoms with E-state index in [1.54, 1.807) is 6.07 Å². The molecule has 0 aliphatic rings. The maximum Gasteiger partial charge on any atom is 0.288 e. The van der Waals surface area contributed by atoms with Crippen molar-refractivity contribution < 1.29 is 14.3 Å². The predicted molar refractivity (Wildman–Crippen MR) is 77.4 cm³/mol. The quantitative estimate of drug-likeness (QED) is 0.880. The van der Waals surface area contributed by atoms with Gasteiger partial charge >= 0.3 is 0 Å². The molecule has 2 N–H and O–H groups in total. The van der Waals surface area contributed by atoms with Crippen LogP contribution in [0.1, 0.15) is 30.8 Å². The number of aliphatic hydroxyl groups excluding tert-OH is 1. The number of furan rings is 1. The summed E-state index contributed by atoms with van der Waals surface area (Å²) in [6, 6.07) is 11.4. The minimum atomic E-state index is -0.480. The molecule has 4 nitrogen and oxygen atoms in total. The fourth-order valence-corrected chi connectivity index (χ4v) is 2.04. The van der Waals surface area contributed by atoms with Crippen molar-refractivity contribution in [3.63, 3.8) is 0 Å². The van der Waals surface area contributed by atoms with Crippen LogP contribution in [0.4, 0.5) is 0 Å². The average Bonchev–Trinajstić information content (AvgIpc) is 2.88. The number of carbonyl (C=O) groups excluding carboxylic acids is 1. The van der Waals surface area contributed by atoms with Crippen LogP contribution in [0.3, 0.4) is 0 Å². The summed E-state index contributed by atoms with van der Waals surface area (Å²) in [6.07, 6.45) is 2.00. The molecule has 0 aliphatic carbocycles. The van der Waals surface area contributed by atoms with Gasteiger partial charge in [-0.3, -0.25) is 4.79 Å². The highest BCUT2D eigenvalue weighted by molar-refractivity contribution is 5.98. The van der Waals surface area contributed by atoms with Crippen molar-refractivity contribution in [3.8, 4) is 11.1 Å². The lowest BCUT2D eigenvalue weighted by Gasteiger charge is -2.24. The monoisotopic (exact) mass is 273 g/mol. The predicted octanol–water partition coefficient (Wildman–Crippen LogP) is 2.84. The van der Waals surface area contributed by atoms with Crippen LogP contribution < -0.4 is 5.32 Å². The van der Waals surface area contributed by atoms with Gasteiger partial charge in [-0.05, 0) is 31.9 Å². The summed E-state index contributed by atoms with van der Waals surface area (Å²) in [5.41, 5.74) is 1.22. The molecular formula is C16H19NO3. The van der Waals surface area contributed by atoms with Gasteiger partial charge in [0.05, 0.1) is 6.26 Å². The Morgan fingerprint density at radius 1 is 1.25 bits per heavy atom. The highest BCUT2D eigenvalue weighted by Gasteiger charge is 2.24. The molecule has 2 aromatic rings. The van der Waals surface area contributed by atoms with E-state index in [1.807, 2.05) is 44.2 Å². The van der Waals surface area contributed by atoms with E-state index >= 15 is 0 Å². The van der Waals surface area contributed by atoms with Gasteiger partial charge in [-0.15, -0.1) is 0 Å². The van der Waals surface area contributed by atoms with Gasteiger partial charge in [-0.2, -0.15) is 0 Å². The first-order valence-electron chi connectivity index (χ1n) is 6.60. The van der Waals surface area contributed by atoms with E-state index in [0.29, 0.717) is 12.2 Å². The number of rotatable bonds is 5. The molecule has 0 radical (unpaired) electrons. The van der Waals surface area contributed by atoms with Crippen LogP contribution >= 0.6 is 0 Å². The first kappa shape index (κ1) is 14.3. The molecular weight excluding hydrogens is 254 g/mol. The molecule has 1 aromatic heterocycles. The molecule has 2 rings (SSSR count). The largest absolute Gasteiger partial charge is 0.459 e.